The molecule has 0 aliphatic rings. The number of anilines is 2. The number of carbonyl (C=O) groups is 2. The van der Waals surface area contributed by atoms with E-state index in [1.165, 1.54) is 6.20 Å². The molecule has 7 nitrogen and oxygen atoms in total. The van der Waals surface area contributed by atoms with Crippen LogP contribution in [0.4, 0.5) is 16.3 Å². The Morgan fingerprint density at radius 3 is 2.67 bits per heavy atom. The largest absolute Gasteiger partial charge is 0.465 e. The maximum atomic E-state index is 12.2. The summed E-state index contributed by atoms with van der Waals surface area (Å²) < 4.78 is 0.677. The predicted octanol–water partition coefficient (Wildman–Crippen LogP) is 2.63. The summed E-state index contributed by atoms with van der Waals surface area (Å²) in [4.78, 5) is 27.1. The lowest BCUT2D eigenvalue weighted by atomic mass is 10.0. The number of nitrogen functional groups attached to an aromatic ring is 1. The van der Waals surface area contributed by atoms with E-state index in [1.807, 2.05) is 30.3 Å². The van der Waals surface area contributed by atoms with Gasteiger partial charge >= 0.3 is 6.09 Å². The molecule has 1 atom stereocenters. The lowest BCUT2D eigenvalue weighted by molar-refractivity contribution is -0.116. The second-order valence-electron chi connectivity index (χ2n) is 5.17. The van der Waals surface area contributed by atoms with Gasteiger partial charge in [-0.15, -0.1) is 0 Å². The molecule has 0 aliphatic heterocycles. The Balaban J connectivity index is 2.03. The quantitative estimate of drug-likeness (QED) is 0.602. The van der Waals surface area contributed by atoms with Crippen LogP contribution in [0.15, 0.2) is 47.1 Å². The van der Waals surface area contributed by atoms with Crippen LogP contribution in [-0.4, -0.2) is 28.1 Å². The zero-order valence-electron chi connectivity index (χ0n) is 12.7. The molecule has 0 bridgehead atoms. The van der Waals surface area contributed by atoms with Crippen molar-refractivity contribution in [2.24, 2.45) is 0 Å². The molecule has 0 saturated heterocycles. The summed E-state index contributed by atoms with van der Waals surface area (Å²) in [5.74, 6) is -0.159. The molecular formula is C16H17BrN4O3. The minimum atomic E-state index is -1.17. The Kier molecular flexibility index (Phi) is 6.14. The van der Waals surface area contributed by atoms with Gasteiger partial charge in [0.15, 0.2) is 0 Å². The van der Waals surface area contributed by atoms with Gasteiger partial charge in [-0.05, 0) is 34.0 Å². The van der Waals surface area contributed by atoms with E-state index >= 15 is 0 Å². The Hall–Kier alpha value is -2.61. The number of halogens is 1. The molecule has 1 heterocycles. The van der Waals surface area contributed by atoms with Gasteiger partial charge in [-0.1, -0.05) is 30.3 Å². The molecule has 5 N–H and O–H groups in total. The highest BCUT2D eigenvalue weighted by Crippen LogP contribution is 2.21. The van der Waals surface area contributed by atoms with Gasteiger partial charge in [0.1, 0.15) is 5.82 Å². The van der Waals surface area contributed by atoms with E-state index in [0.717, 1.165) is 5.56 Å². The van der Waals surface area contributed by atoms with Gasteiger partial charge in [0.05, 0.1) is 5.69 Å². The van der Waals surface area contributed by atoms with Crippen LogP contribution in [0.3, 0.4) is 0 Å². The van der Waals surface area contributed by atoms with E-state index in [1.54, 1.807) is 6.07 Å². The van der Waals surface area contributed by atoms with Crippen LogP contribution in [0.25, 0.3) is 0 Å². The van der Waals surface area contributed by atoms with Crippen molar-refractivity contribution in [1.82, 2.24) is 10.3 Å². The number of nitrogens with one attached hydrogen (secondary N) is 2. The molecular weight excluding hydrogens is 376 g/mol. The Bertz CT molecular complexity index is 725. The first-order chi connectivity index (χ1) is 11.4. The molecule has 24 heavy (non-hydrogen) atoms. The van der Waals surface area contributed by atoms with Crippen LogP contribution in [0.5, 0.6) is 0 Å². The molecule has 8 heteroatoms. The summed E-state index contributed by atoms with van der Waals surface area (Å²) in [7, 11) is 0. The molecule has 0 spiro atoms. The van der Waals surface area contributed by atoms with Crippen LogP contribution in [-0.2, 0) is 11.2 Å². The van der Waals surface area contributed by atoms with Crippen LogP contribution < -0.4 is 16.4 Å². The predicted molar refractivity (Wildman–Crippen MR) is 94.7 cm³/mol. The molecule has 1 unspecified atom stereocenters. The van der Waals surface area contributed by atoms with Crippen molar-refractivity contribution in [3.05, 3.63) is 52.6 Å². The molecule has 2 rings (SSSR count). The molecule has 0 saturated carbocycles. The van der Waals surface area contributed by atoms with Crippen LogP contribution >= 0.6 is 15.9 Å². The number of rotatable bonds is 6. The monoisotopic (exact) mass is 392 g/mol. The number of nitrogens with two attached hydrogens (primary N) is 1. The zero-order chi connectivity index (χ0) is 17.5. The summed E-state index contributed by atoms with van der Waals surface area (Å²) in [5, 5.41) is 14.0. The van der Waals surface area contributed by atoms with Gasteiger partial charge in [-0.25, -0.2) is 9.78 Å². The van der Waals surface area contributed by atoms with Gasteiger partial charge in [0, 0.05) is 23.1 Å². The van der Waals surface area contributed by atoms with Gasteiger partial charge < -0.3 is 21.5 Å². The van der Waals surface area contributed by atoms with Crippen molar-refractivity contribution in [3.8, 4) is 0 Å². The first-order valence-corrected chi connectivity index (χ1v) is 7.97. The number of hydrogen-bond donors (Lipinski definition) is 4. The summed E-state index contributed by atoms with van der Waals surface area (Å²) in [5.41, 5.74) is 7.03. The van der Waals surface area contributed by atoms with E-state index in [9.17, 15) is 9.59 Å². The van der Waals surface area contributed by atoms with E-state index < -0.39 is 12.1 Å². The fourth-order valence-corrected chi connectivity index (χ4v) is 2.55. The molecule has 0 radical (unpaired) electrons. The lowest BCUT2D eigenvalue weighted by Gasteiger charge is -2.17. The molecule has 126 valence electrons. The third-order valence-electron chi connectivity index (χ3n) is 3.24. The molecule has 0 fully saturated rings. The SMILES string of the molecule is Nc1ncc(Br)cc1NC(=O)CC(Cc1ccccc1)NC(=O)O. The first kappa shape index (κ1) is 17.7. The van der Waals surface area contributed by atoms with E-state index in [-0.39, 0.29) is 18.1 Å². The summed E-state index contributed by atoms with van der Waals surface area (Å²) >= 11 is 3.25. The first-order valence-electron chi connectivity index (χ1n) is 7.18. The van der Waals surface area contributed by atoms with Gasteiger partial charge in [0.25, 0.3) is 0 Å². The van der Waals surface area contributed by atoms with Crippen molar-refractivity contribution >= 4 is 39.4 Å². The van der Waals surface area contributed by atoms with Crippen molar-refractivity contribution in [3.63, 3.8) is 0 Å². The van der Waals surface area contributed by atoms with E-state index in [0.29, 0.717) is 16.6 Å². The average Bonchev–Trinajstić information content (AvgIpc) is 2.51. The Morgan fingerprint density at radius 1 is 1.29 bits per heavy atom. The Morgan fingerprint density at radius 2 is 2.00 bits per heavy atom. The number of amides is 2. The maximum absolute atomic E-state index is 12.2. The number of aromatic nitrogens is 1. The lowest BCUT2D eigenvalue weighted by Crippen LogP contribution is -2.38. The fourth-order valence-electron chi connectivity index (χ4n) is 2.22. The molecule has 0 aliphatic carbocycles. The number of benzene rings is 1. The third kappa shape index (κ3) is 5.54. The number of nitrogens with zero attached hydrogens (tertiary/aromatic N) is 1. The highest BCUT2D eigenvalue weighted by atomic mass is 79.9. The normalized spacial score (nSPS) is 11.5. The highest BCUT2D eigenvalue weighted by Gasteiger charge is 2.17. The molecule has 1 aromatic carbocycles. The van der Waals surface area contributed by atoms with Crippen molar-refractivity contribution < 1.29 is 14.7 Å². The van der Waals surface area contributed by atoms with Gasteiger partial charge in [-0.3, -0.25) is 4.79 Å². The fraction of sp³-hybridized carbons (Fsp3) is 0.188. The minimum absolute atomic E-state index is 0.0207. The highest BCUT2D eigenvalue weighted by molar-refractivity contribution is 9.10. The van der Waals surface area contributed by atoms with Crippen molar-refractivity contribution in [2.75, 3.05) is 11.1 Å². The number of carboxylic acid groups (broad SMARTS) is 1. The smallest absolute Gasteiger partial charge is 0.404 e. The number of carbonyl (C=O) groups excluding carboxylic acids is 1. The number of hydrogen-bond acceptors (Lipinski definition) is 4. The maximum Gasteiger partial charge on any atom is 0.404 e. The second-order valence-corrected chi connectivity index (χ2v) is 6.09. The Labute approximate surface area is 147 Å². The van der Waals surface area contributed by atoms with Crippen LogP contribution in [0.2, 0.25) is 0 Å². The topological polar surface area (TPSA) is 117 Å². The number of pyridine rings is 1. The van der Waals surface area contributed by atoms with E-state index in [2.05, 4.69) is 31.5 Å². The summed E-state index contributed by atoms with van der Waals surface area (Å²) in [6.45, 7) is 0. The van der Waals surface area contributed by atoms with E-state index in [4.69, 9.17) is 10.8 Å². The molecule has 2 amide bonds. The van der Waals surface area contributed by atoms with Gasteiger partial charge in [0.2, 0.25) is 5.91 Å². The standard InChI is InChI=1S/C16H17BrN4O3/c17-11-7-13(15(18)19-9-11)21-14(22)8-12(20-16(23)24)6-10-4-2-1-3-5-10/h1-5,7,9,12,20H,6,8H2,(H2,18,19)(H,21,22)(H,23,24). The van der Waals surface area contributed by atoms with Crippen LogP contribution in [0, 0.1) is 0 Å². The zero-order valence-corrected chi connectivity index (χ0v) is 14.3. The second kappa shape index (κ2) is 8.30. The van der Waals surface area contributed by atoms with Crippen LogP contribution in [0.1, 0.15) is 12.0 Å². The summed E-state index contributed by atoms with van der Waals surface area (Å²) in [6, 6.07) is 10.4. The molecule has 1 aromatic heterocycles. The average molecular weight is 393 g/mol. The summed E-state index contributed by atoms with van der Waals surface area (Å²) in [6.07, 6.45) is 0.738. The minimum Gasteiger partial charge on any atom is -0.465 e. The molecule has 2 aromatic rings. The van der Waals surface area contributed by atoms with Gasteiger partial charge in [-0.2, -0.15) is 0 Å². The van der Waals surface area contributed by atoms with Crippen molar-refractivity contribution in [1.29, 1.82) is 0 Å². The van der Waals surface area contributed by atoms with Crippen molar-refractivity contribution in [2.45, 2.75) is 18.9 Å². The third-order valence-corrected chi connectivity index (χ3v) is 3.68.